The molecule has 1 aromatic heterocycles. The highest BCUT2D eigenvalue weighted by Gasteiger charge is 2.15. The van der Waals surface area contributed by atoms with Gasteiger partial charge < -0.3 is 10.1 Å². The molecule has 0 aliphatic heterocycles. The Kier molecular flexibility index (Phi) is 6.26. The van der Waals surface area contributed by atoms with Crippen LogP contribution in [0.4, 0.5) is 8.78 Å². The molecule has 0 saturated carbocycles. The van der Waals surface area contributed by atoms with Gasteiger partial charge in [-0.2, -0.15) is 13.9 Å². The maximum absolute atomic E-state index is 12.4. The average molecular weight is 406 g/mol. The third kappa shape index (κ3) is 4.86. The minimum atomic E-state index is -2.85. The second-order valence-corrected chi connectivity index (χ2v) is 6.50. The van der Waals surface area contributed by atoms with E-state index in [1.165, 1.54) is 18.3 Å². The van der Waals surface area contributed by atoms with Crippen LogP contribution in [0.15, 0.2) is 54.7 Å². The number of ether oxygens (including phenoxy) is 1. The van der Waals surface area contributed by atoms with Gasteiger partial charge in [0, 0.05) is 11.6 Å². The van der Waals surface area contributed by atoms with Gasteiger partial charge >= 0.3 is 6.61 Å². The fourth-order valence-electron chi connectivity index (χ4n) is 2.73. The number of amides is 1. The van der Waals surface area contributed by atoms with E-state index in [9.17, 15) is 13.6 Å². The summed E-state index contributed by atoms with van der Waals surface area (Å²) in [6, 6.07) is 13.5. The highest BCUT2D eigenvalue weighted by molar-refractivity contribution is 6.30. The zero-order valence-electron chi connectivity index (χ0n) is 15.0. The van der Waals surface area contributed by atoms with Crippen LogP contribution in [0.3, 0.4) is 0 Å². The number of aromatic nitrogens is 2. The van der Waals surface area contributed by atoms with Crippen molar-refractivity contribution in [3.8, 4) is 11.4 Å². The number of nitrogens with one attached hydrogen (secondary N) is 1. The minimum Gasteiger partial charge on any atom is -0.435 e. The SMILES string of the molecule is Cc1c(C(=O)NCCc2ccc(OC(F)F)cc2)cnn1-c1ccc(Cl)cc1. The summed E-state index contributed by atoms with van der Waals surface area (Å²) in [7, 11) is 0. The Bertz CT molecular complexity index is 941. The summed E-state index contributed by atoms with van der Waals surface area (Å²) >= 11 is 5.90. The van der Waals surface area contributed by atoms with Crippen molar-refractivity contribution in [2.75, 3.05) is 6.54 Å². The topological polar surface area (TPSA) is 56.1 Å². The largest absolute Gasteiger partial charge is 0.435 e. The van der Waals surface area contributed by atoms with Gasteiger partial charge in [0.15, 0.2) is 0 Å². The molecule has 0 radical (unpaired) electrons. The van der Waals surface area contributed by atoms with Crippen LogP contribution in [-0.2, 0) is 6.42 Å². The molecule has 0 atom stereocenters. The molecule has 0 bridgehead atoms. The number of carbonyl (C=O) groups excluding carboxylic acids is 1. The lowest BCUT2D eigenvalue weighted by atomic mass is 10.1. The Balaban J connectivity index is 1.57. The van der Waals surface area contributed by atoms with E-state index in [1.807, 2.05) is 19.1 Å². The fraction of sp³-hybridized carbons (Fsp3) is 0.200. The molecule has 146 valence electrons. The molecule has 3 aromatic rings. The lowest BCUT2D eigenvalue weighted by molar-refractivity contribution is -0.0498. The van der Waals surface area contributed by atoms with Crippen molar-refractivity contribution in [3.63, 3.8) is 0 Å². The quantitative estimate of drug-likeness (QED) is 0.633. The molecule has 28 heavy (non-hydrogen) atoms. The molecule has 0 aliphatic rings. The summed E-state index contributed by atoms with van der Waals surface area (Å²) in [5.74, 6) is -0.122. The molecule has 3 rings (SSSR count). The van der Waals surface area contributed by atoms with Crippen molar-refractivity contribution < 1.29 is 18.3 Å². The molecule has 0 fully saturated rings. The standard InChI is InChI=1S/C20H18ClF2N3O2/c1-13-18(12-25-26(13)16-6-4-15(21)5-7-16)19(27)24-11-10-14-2-8-17(9-3-14)28-20(22)23/h2-9,12,20H,10-11H2,1H3,(H,24,27). The summed E-state index contributed by atoms with van der Waals surface area (Å²) < 4.78 is 30.3. The van der Waals surface area contributed by atoms with Crippen LogP contribution in [-0.4, -0.2) is 28.8 Å². The van der Waals surface area contributed by atoms with Crippen LogP contribution >= 0.6 is 11.6 Å². The van der Waals surface area contributed by atoms with Crippen molar-refractivity contribution >= 4 is 17.5 Å². The van der Waals surface area contributed by atoms with Gasteiger partial charge in [-0.05, 0) is 55.3 Å². The van der Waals surface area contributed by atoms with E-state index in [2.05, 4.69) is 15.2 Å². The van der Waals surface area contributed by atoms with Crippen LogP contribution in [0.2, 0.25) is 5.02 Å². The van der Waals surface area contributed by atoms with E-state index < -0.39 is 6.61 Å². The zero-order chi connectivity index (χ0) is 20.1. The van der Waals surface area contributed by atoms with E-state index in [0.29, 0.717) is 29.2 Å². The Morgan fingerprint density at radius 3 is 2.50 bits per heavy atom. The first kappa shape index (κ1) is 19.8. The van der Waals surface area contributed by atoms with Crippen LogP contribution in [0.1, 0.15) is 21.6 Å². The number of hydrogen-bond acceptors (Lipinski definition) is 3. The number of halogens is 3. The van der Waals surface area contributed by atoms with Crippen molar-refractivity contribution in [3.05, 3.63) is 76.6 Å². The third-order valence-corrected chi connectivity index (χ3v) is 4.43. The predicted octanol–water partition coefficient (Wildman–Crippen LogP) is 4.41. The van der Waals surface area contributed by atoms with Crippen LogP contribution < -0.4 is 10.1 Å². The molecule has 0 spiro atoms. The van der Waals surface area contributed by atoms with Gasteiger partial charge in [-0.15, -0.1) is 0 Å². The van der Waals surface area contributed by atoms with Crippen molar-refractivity contribution in [2.24, 2.45) is 0 Å². The first-order valence-electron chi connectivity index (χ1n) is 8.56. The normalized spacial score (nSPS) is 10.9. The summed E-state index contributed by atoms with van der Waals surface area (Å²) in [5, 5.41) is 7.74. The molecular weight excluding hydrogens is 388 g/mol. The Labute approximate surface area is 165 Å². The second kappa shape index (κ2) is 8.84. The Hall–Kier alpha value is -2.93. The number of benzene rings is 2. The van der Waals surface area contributed by atoms with Crippen LogP contribution in [0.25, 0.3) is 5.69 Å². The number of carbonyl (C=O) groups is 1. The Morgan fingerprint density at radius 1 is 1.18 bits per heavy atom. The van der Waals surface area contributed by atoms with Gasteiger partial charge in [0.2, 0.25) is 0 Å². The number of rotatable bonds is 7. The van der Waals surface area contributed by atoms with Gasteiger partial charge in [0.1, 0.15) is 5.75 Å². The highest BCUT2D eigenvalue weighted by atomic mass is 35.5. The third-order valence-electron chi connectivity index (χ3n) is 4.17. The molecule has 0 aliphatic carbocycles. The monoisotopic (exact) mass is 405 g/mol. The van der Waals surface area contributed by atoms with E-state index in [1.54, 1.807) is 28.9 Å². The lowest BCUT2D eigenvalue weighted by Gasteiger charge is -2.08. The fourth-order valence-corrected chi connectivity index (χ4v) is 2.85. The van der Waals surface area contributed by atoms with Crippen LogP contribution in [0.5, 0.6) is 5.75 Å². The molecular formula is C20H18ClF2N3O2. The first-order chi connectivity index (χ1) is 13.4. The van der Waals surface area contributed by atoms with E-state index in [-0.39, 0.29) is 11.7 Å². The van der Waals surface area contributed by atoms with Gasteiger partial charge in [-0.1, -0.05) is 23.7 Å². The molecule has 2 aromatic carbocycles. The van der Waals surface area contributed by atoms with Gasteiger partial charge in [-0.25, -0.2) is 4.68 Å². The van der Waals surface area contributed by atoms with Gasteiger partial charge in [-0.3, -0.25) is 4.79 Å². The summed E-state index contributed by atoms with van der Waals surface area (Å²) in [5.41, 5.74) is 2.91. The predicted molar refractivity (Wildman–Crippen MR) is 102 cm³/mol. The number of alkyl halides is 2. The molecule has 8 heteroatoms. The average Bonchev–Trinajstić information content (AvgIpc) is 3.05. The Morgan fingerprint density at radius 2 is 1.86 bits per heavy atom. The molecule has 1 heterocycles. The lowest BCUT2D eigenvalue weighted by Crippen LogP contribution is -2.26. The molecule has 1 N–H and O–H groups in total. The maximum atomic E-state index is 12.4. The highest BCUT2D eigenvalue weighted by Crippen LogP contribution is 2.17. The summed E-state index contributed by atoms with van der Waals surface area (Å²) in [6.07, 6.45) is 2.08. The second-order valence-electron chi connectivity index (χ2n) is 6.06. The van der Waals surface area contributed by atoms with Crippen molar-refractivity contribution in [1.82, 2.24) is 15.1 Å². The molecule has 5 nitrogen and oxygen atoms in total. The van der Waals surface area contributed by atoms with E-state index >= 15 is 0 Å². The van der Waals surface area contributed by atoms with E-state index in [0.717, 1.165) is 11.3 Å². The maximum Gasteiger partial charge on any atom is 0.387 e. The zero-order valence-corrected chi connectivity index (χ0v) is 15.8. The van der Waals surface area contributed by atoms with Crippen molar-refractivity contribution in [2.45, 2.75) is 20.0 Å². The molecule has 0 saturated heterocycles. The summed E-state index contributed by atoms with van der Waals surface area (Å²) in [6.45, 7) is -0.625. The molecule has 0 unspecified atom stereocenters. The molecule has 1 amide bonds. The van der Waals surface area contributed by atoms with E-state index in [4.69, 9.17) is 11.6 Å². The number of nitrogens with zero attached hydrogens (tertiary/aromatic N) is 2. The summed E-state index contributed by atoms with van der Waals surface area (Å²) in [4.78, 5) is 12.4. The first-order valence-corrected chi connectivity index (χ1v) is 8.94. The number of hydrogen-bond donors (Lipinski definition) is 1. The smallest absolute Gasteiger partial charge is 0.387 e. The van der Waals surface area contributed by atoms with Crippen LogP contribution in [0, 0.1) is 6.92 Å². The van der Waals surface area contributed by atoms with Gasteiger partial charge in [0.25, 0.3) is 5.91 Å². The minimum absolute atomic E-state index is 0.105. The van der Waals surface area contributed by atoms with Crippen molar-refractivity contribution in [1.29, 1.82) is 0 Å². The van der Waals surface area contributed by atoms with Gasteiger partial charge in [0.05, 0.1) is 23.1 Å².